The standard InChI is InChI=1S/C9H16N4S/c1-13(8-3-2-4-8)5-7-6-14-9(11-7)12-10/h6,8H,2-5,10H2,1H3,(H,11,12). The molecule has 4 nitrogen and oxygen atoms in total. The fourth-order valence-corrected chi connectivity index (χ4v) is 2.27. The zero-order valence-electron chi connectivity index (χ0n) is 8.36. The fraction of sp³-hybridized carbons (Fsp3) is 0.667. The minimum absolute atomic E-state index is 0.769. The molecule has 2 rings (SSSR count). The number of nitrogen functional groups attached to an aromatic ring is 1. The largest absolute Gasteiger partial charge is 0.300 e. The Bertz CT molecular complexity index is 295. The maximum Gasteiger partial charge on any atom is 0.197 e. The van der Waals surface area contributed by atoms with E-state index >= 15 is 0 Å². The normalized spacial score (nSPS) is 17.1. The van der Waals surface area contributed by atoms with Gasteiger partial charge in [-0.05, 0) is 19.9 Å². The molecular formula is C9H16N4S. The average molecular weight is 212 g/mol. The molecule has 1 aliphatic carbocycles. The Hall–Kier alpha value is -0.650. The predicted octanol–water partition coefficient (Wildman–Crippen LogP) is 1.41. The summed E-state index contributed by atoms with van der Waals surface area (Å²) in [4.78, 5) is 6.72. The summed E-state index contributed by atoms with van der Waals surface area (Å²) in [5.74, 6) is 5.28. The number of rotatable bonds is 4. The number of hydrogen-bond donors (Lipinski definition) is 2. The number of anilines is 1. The highest BCUT2D eigenvalue weighted by molar-refractivity contribution is 7.13. The highest BCUT2D eigenvalue weighted by atomic mass is 32.1. The van der Waals surface area contributed by atoms with Crippen LogP contribution in [0.2, 0.25) is 0 Å². The maximum atomic E-state index is 5.28. The summed E-state index contributed by atoms with van der Waals surface area (Å²) in [5, 5.41) is 2.85. The second kappa shape index (κ2) is 4.25. The molecule has 78 valence electrons. The molecule has 0 aromatic carbocycles. The van der Waals surface area contributed by atoms with Crippen LogP contribution >= 0.6 is 11.3 Å². The van der Waals surface area contributed by atoms with Crippen LogP contribution < -0.4 is 11.3 Å². The molecule has 1 aromatic rings. The summed E-state index contributed by atoms with van der Waals surface area (Å²) in [7, 11) is 2.17. The first-order chi connectivity index (χ1) is 6.79. The molecule has 1 aromatic heterocycles. The molecule has 1 saturated carbocycles. The van der Waals surface area contributed by atoms with Gasteiger partial charge in [0.2, 0.25) is 0 Å². The van der Waals surface area contributed by atoms with Crippen molar-refractivity contribution in [2.75, 3.05) is 12.5 Å². The molecule has 0 saturated heterocycles. The van der Waals surface area contributed by atoms with Crippen molar-refractivity contribution in [2.45, 2.75) is 31.8 Å². The van der Waals surface area contributed by atoms with E-state index in [1.165, 1.54) is 19.3 Å². The highest BCUT2D eigenvalue weighted by Crippen LogP contribution is 2.25. The third-order valence-electron chi connectivity index (χ3n) is 2.78. The van der Waals surface area contributed by atoms with Gasteiger partial charge in [-0.3, -0.25) is 10.3 Å². The van der Waals surface area contributed by atoms with Gasteiger partial charge in [-0.2, -0.15) is 0 Å². The third kappa shape index (κ3) is 2.05. The summed E-state index contributed by atoms with van der Waals surface area (Å²) in [6.45, 7) is 0.933. The van der Waals surface area contributed by atoms with E-state index in [-0.39, 0.29) is 0 Å². The zero-order valence-corrected chi connectivity index (χ0v) is 9.18. The van der Waals surface area contributed by atoms with Gasteiger partial charge in [0, 0.05) is 18.0 Å². The van der Waals surface area contributed by atoms with Gasteiger partial charge in [-0.25, -0.2) is 10.8 Å². The highest BCUT2D eigenvalue weighted by Gasteiger charge is 2.22. The maximum absolute atomic E-state index is 5.28. The number of hydrogen-bond acceptors (Lipinski definition) is 5. The zero-order chi connectivity index (χ0) is 9.97. The molecule has 0 bridgehead atoms. The van der Waals surface area contributed by atoms with E-state index in [1.54, 1.807) is 11.3 Å². The number of nitrogens with zero attached hydrogens (tertiary/aromatic N) is 2. The van der Waals surface area contributed by atoms with Crippen LogP contribution in [-0.2, 0) is 6.54 Å². The average Bonchev–Trinajstić information content (AvgIpc) is 2.48. The molecule has 0 amide bonds. The molecule has 14 heavy (non-hydrogen) atoms. The number of aromatic nitrogens is 1. The lowest BCUT2D eigenvalue weighted by Crippen LogP contribution is -2.36. The van der Waals surface area contributed by atoms with E-state index in [9.17, 15) is 0 Å². The van der Waals surface area contributed by atoms with E-state index < -0.39 is 0 Å². The van der Waals surface area contributed by atoms with Crippen LogP contribution in [0.1, 0.15) is 25.0 Å². The molecule has 1 aliphatic rings. The number of nitrogens with one attached hydrogen (secondary N) is 1. The van der Waals surface area contributed by atoms with E-state index in [0.29, 0.717) is 0 Å². The minimum atomic E-state index is 0.769. The first-order valence-corrected chi connectivity index (χ1v) is 5.79. The number of nitrogens with two attached hydrogens (primary N) is 1. The Balaban J connectivity index is 1.89. The first-order valence-electron chi connectivity index (χ1n) is 4.91. The first kappa shape index (κ1) is 9.89. The molecule has 0 atom stereocenters. The summed E-state index contributed by atoms with van der Waals surface area (Å²) in [6.07, 6.45) is 4.05. The van der Waals surface area contributed by atoms with Gasteiger partial charge in [-0.15, -0.1) is 11.3 Å². The Morgan fingerprint density at radius 1 is 1.71 bits per heavy atom. The van der Waals surface area contributed by atoms with Crippen LogP contribution in [-0.4, -0.2) is 23.0 Å². The molecule has 0 aliphatic heterocycles. The van der Waals surface area contributed by atoms with Crippen molar-refractivity contribution >= 4 is 16.5 Å². The Morgan fingerprint density at radius 3 is 3.00 bits per heavy atom. The lowest BCUT2D eigenvalue weighted by molar-refractivity contribution is 0.151. The number of hydrazine groups is 1. The summed E-state index contributed by atoms with van der Waals surface area (Å²) in [6, 6.07) is 0.769. The van der Waals surface area contributed by atoms with Gasteiger partial charge in [0.15, 0.2) is 5.13 Å². The second-order valence-corrected chi connectivity index (χ2v) is 4.65. The summed E-state index contributed by atoms with van der Waals surface area (Å²) in [5.41, 5.74) is 3.68. The van der Waals surface area contributed by atoms with Crippen molar-refractivity contribution < 1.29 is 0 Å². The van der Waals surface area contributed by atoms with Crippen LogP contribution in [0.5, 0.6) is 0 Å². The molecule has 1 heterocycles. The second-order valence-electron chi connectivity index (χ2n) is 3.79. The fourth-order valence-electron chi connectivity index (χ4n) is 1.66. The molecule has 0 radical (unpaired) electrons. The molecule has 0 unspecified atom stereocenters. The van der Waals surface area contributed by atoms with E-state index in [0.717, 1.165) is 23.4 Å². The van der Waals surface area contributed by atoms with Crippen LogP contribution in [0.15, 0.2) is 5.38 Å². The van der Waals surface area contributed by atoms with Crippen LogP contribution in [0.25, 0.3) is 0 Å². The van der Waals surface area contributed by atoms with E-state index in [4.69, 9.17) is 5.84 Å². The number of thiazole rings is 1. The van der Waals surface area contributed by atoms with Crippen LogP contribution in [0, 0.1) is 0 Å². The predicted molar refractivity (Wildman–Crippen MR) is 59.0 cm³/mol. The SMILES string of the molecule is CN(Cc1csc(NN)n1)C1CCC1. The lowest BCUT2D eigenvalue weighted by Gasteiger charge is -2.34. The van der Waals surface area contributed by atoms with Gasteiger partial charge in [0.1, 0.15) is 0 Å². The summed E-state index contributed by atoms with van der Waals surface area (Å²) < 4.78 is 0. The molecule has 0 spiro atoms. The Morgan fingerprint density at radius 2 is 2.50 bits per heavy atom. The molecular weight excluding hydrogens is 196 g/mol. The van der Waals surface area contributed by atoms with Crippen molar-refractivity contribution in [3.05, 3.63) is 11.1 Å². The molecule has 5 heteroatoms. The van der Waals surface area contributed by atoms with E-state index in [1.807, 2.05) is 0 Å². The van der Waals surface area contributed by atoms with Gasteiger partial charge in [0.25, 0.3) is 0 Å². The van der Waals surface area contributed by atoms with E-state index in [2.05, 4.69) is 27.7 Å². The smallest absolute Gasteiger partial charge is 0.197 e. The van der Waals surface area contributed by atoms with Gasteiger partial charge in [0.05, 0.1) is 5.69 Å². The lowest BCUT2D eigenvalue weighted by atomic mass is 9.92. The molecule has 3 N–H and O–H groups in total. The van der Waals surface area contributed by atoms with Crippen LogP contribution in [0.3, 0.4) is 0 Å². The monoisotopic (exact) mass is 212 g/mol. The van der Waals surface area contributed by atoms with Crippen LogP contribution in [0.4, 0.5) is 5.13 Å². The van der Waals surface area contributed by atoms with Gasteiger partial charge in [-0.1, -0.05) is 6.42 Å². The Kier molecular flexibility index (Phi) is 3.00. The van der Waals surface area contributed by atoms with Crippen molar-refractivity contribution in [1.82, 2.24) is 9.88 Å². The van der Waals surface area contributed by atoms with Crippen molar-refractivity contribution in [3.63, 3.8) is 0 Å². The topological polar surface area (TPSA) is 54.2 Å². The van der Waals surface area contributed by atoms with Gasteiger partial charge >= 0.3 is 0 Å². The summed E-state index contributed by atoms with van der Waals surface area (Å²) >= 11 is 1.55. The quantitative estimate of drug-likeness (QED) is 0.585. The van der Waals surface area contributed by atoms with Crippen molar-refractivity contribution in [2.24, 2.45) is 5.84 Å². The third-order valence-corrected chi connectivity index (χ3v) is 3.61. The Labute approximate surface area is 88.1 Å². The van der Waals surface area contributed by atoms with Crippen molar-refractivity contribution in [1.29, 1.82) is 0 Å². The van der Waals surface area contributed by atoms with Gasteiger partial charge < -0.3 is 0 Å². The minimum Gasteiger partial charge on any atom is -0.300 e. The van der Waals surface area contributed by atoms with Crippen molar-refractivity contribution in [3.8, 4) is 0 Å². The molecule has 1 fully saturated rings.